The quantitative estimate of drug-likeness (QED) is 0.705. The summed E-state index contributed by atoms with van der Waals surface area (Å²) in [6.07, 6.45) is 7.97. The molecule has 0 saturated carbocycles. The van der Waals surface area contributed by atoms with Crippen molar-refractivity contribution in [2.45, 2.75) is 25.6 Å². The first-order valence-corrected chi connectivity index (χ1v) is 10.7. The predicted molar refractivity (Wildman–Crippen MR) is 103 cm³/mol. The highest BCUT2D eigenvalue weighted by atomic mass is 32.2. The lowest BCUT2D eigenvalue weighted by atomic mass is 10.1. The van der Waals surface area contributed by atoms with Crippen molar-refractivity contribution in [2.75, 3.05) is 36.8 Å². The number of nitrogens with zero attached hydrogens (tertiary/aromatic N) is 6. The first kappa shape index (κ1) is 19.7. The van der Waals surface area contributed by atoms with E-state index in [2.05, 4.69) is 36.5 Å². The Hall–Kier alpha value is -2.04. The van der Waals surface area contributed by atoms with E-state index in [-0.39, 0.29) is 5.75 Å². The molecule has 0 aliphatic carbocycles. The SMILES string of the molecule is [CH2]CCC(NS(=O)(=O)CC)(N1CCN(c2ncccn2)CC1)n1cccn1. The second kappa shape index (κ2) is 8.32. The van der Waals surface area contributed by atoms with E-state index in [9.17, 15) is 8.42 Å². The fraction of sp³-hybridized carbons (Fsp3) is 0.529. The molecule has 3 heterocycles. The zero-order valence-corrected chi connectivity index (χ0v) is 16.3. The smallest absolute Gasteiger partial charge is 0.225 e. The number of anilines is 1. The van der Waals surface area contributed by atoms with Crippen LogP contribution in [0.3, 0.4) is 0 Å². The minimum absolute atomic E-state index is 0.00494. The van der Waals surface area contributed by atoms with Gasteiger partial charge in [-0.2, -0.15) is 9.82 Å². The van der Waals surface area contributed by atoms with E-state index in [0.717, 1.165) is 0 Å². The zero-order valence-electron chi connectivity index (χ0n) is 15.5. The highest BCUT2D eigenvalue weighted by molar-refractivity contribution is 7.89. The van der Waals surface area contributed by atoms with E-state index < -0.39 is 15.8 Å². The van der Waals surface area contributed by atoms with E-state index in [4.69, 9.17) is 0 Å². The number of hydrogen-bond acceptors (Lipinski definition) is 7. The average Bonchev–Trinajstić information content (AvgIpc) is 3.24. The van der Waals surface area contributed by atoms with E-state index in [1.165, 1.54) is 0 Å². The van der Waals surface area contributed by atoms with Gasteiger partial charge >= 0.3 is 0 Å². The van der Waals surface area contributed by atoms with Crippen molar-refractivity contribution in [3.05, 3.63) is 43.8 Å². The summed E-state index contributed by atoms with van der Waals surface area (Å²) in [6, 6.07) is 3.59. The normalized spacial score (nSPS) is 18.4. The molecule has 2 aromatic heterocycles. The molecule has 9 nitrogen and oxygen atoms in total. The van der Waals surface area contributed by atoms with Crippen LogP contribution in [0.15, 0.2) is 36.9 Å². The van der Waals surface area contributed by atoms with Gasteiger partial charge in [0.25, 0.3) is 0 Å². The van der Waals surface area contributed by atoms with Crippen molar-refractivity contribution in [1.82, 2.24) is 29.4 Å². The van der Waals surface area contributed by atoms with Crippen LogP contribution in [0, 0.1) is 6.92 Å². The maximum atomic E-state index is 12.5. The van der Waals surface area contributed by atoms with Gasteiger partial charge in [0.05, 0.1) is 5.75 Å². The summed E-state index contributed by atoms with van der Waals surface area (Å²) in [6.45, 7) is 8.26. The van der Waals surface area contributed by atoms with Crippen LogP contribution in [0.4, 0.5) is 5.95 Å². The molecule has 27 heavy (non-hydrogen) atoms. The molecule has 1 saturated heterocycles. The molecular formula is C17H26N7O2S. The molecule has 1 fully saturated rings. The molecule has 1 N–H and O–H groups in total. The summed E-state index contributed by atoms with van der Waals surface area (Å²) in [5, 5.41) is 4.36. The molecule has 10 heteroatoms. The van der Waals surface area contributed by atoms with Crippen LogP contribution >= 0.6 is 0 Å². The molecule has 0 aromatic carbocycles. The van der Waals surface area contributed by atoms with Gasteiger partial charge in [-0.05, 0) is 25.5 Å². The Labute approximate surface area is 160 Å². The van der Waals surface area contributed by atoms with Crippen LogP contribution in [-0.2, 0) is 15.8 Å². The number of piperazine rings is 1. The first-order valence-electron chi connectivity index (χ1n) is 9.09. The Kier molecular flexibility index (Phi) is 6.08. The molecule has 147 valence electrons. The third-order valence-corrected chi connectivity index (χ3v) is 6.14. The Morgan fingerprint density at radius 3 is 2.41 bits per heavy atom. The van der Waals surface area contributed by atoms with Crippen LogP contribution in [0.5, 0.6) is 0 Å². The summed E-state index contributed by atoms with van der Waals surface area (Å²) in [5.74, 6) is -0.275. The van der Waals surface area contributed by atoms with Gasteiger partial charge in [-0.3, -0.25) is 4.90 Å². The molecule has 1 aliphatic heterocycles. The van der Waals surface area contributed by atoms with Gasteiger partial charge in [-0.15, -0.1) is 0 Å². The summed E-state index contributed by atoms with van der Waals surface area (Å²) in [4.78, 5) is 12.8. The largest absolute Gasteiger partial charge is 0.338 e. The molecule has 3 rings (SSSR count). The topological polar surface area (TPSA) is 96.3 Å². The van der Waals surface area contributed by atoms with Crippen LogP contribution in [-0.4, -0.2) is 65.0 Å². The Morgan fingerprint density at radius 1 is 1.15 bits per heavy atom. The minimum Gasteiger partial charge on any atom is -0.338 e. The van der Waals surface area contributed by atoms with Gasteiger partial charge in [0.2, 0.25) is 16.0 Å². The molecule has 1 radical (unpaired) electrons. The van der Waals surface area contributed by atoms with Crippen LogP contribution in [0.25, 0.3) is 0 Å². The molecule has 1 aliphatic rings. The van der Waals surface area contributed by atoms with Gasteiger partial charge in [0.1, 0.15) is 0 Å². The van der Waals surface area contributed by atoms with E-state index in [1.54, 1.807) is 48.5 Å². The second-order valence-electron chi connectivity index (χ2n) is 6.40. The fourth-order valence-electron chi connectivity index (χ4n) is 3.37. The summed E-state index contributed by atoms with van der Waals surface area (Å²) in [5.41, 5.74) is 0. The number of rotatable bonds is 8. The lowest BCUT2D eigenvalue weighted by molar-refractivity contribution is -0.0176. The Bertz CT molecular complexity index is 805. The first-order chi connectivity index (χ1) is 13.0. The van der Waals surface area contributed by atoms with E-state index in [0.29, 0.717) is 45.0 Å². The lowest BCUT2D eigenvalue weighted by Crippen LogP contribution is -2.66. The van der Waals surface area contributed by atoms with Crippen LogP contribution < -0.4 is 9.62 Å². The van der Waals surface area contributed by atoms with Crippen molar-refractivity contribution in [3.63, 3.8) is 0 Å². The zero-order chi connectivity index (χ0) is 19.3. The van der Waals surface area contributed by atoms with E-state index in [1.807, 2.05) is 0 Å². The van der Waals surface area contributed by atoms with Crippen molar-refractivity contribution < 1.29 is 8.42 Å². The van der Waals surface area contributed by atoms with Gasteiger partial charge in [-0.25, -0.2) is 23.1 Å². The highest BCUT2D eigenvalue weighted by Gasteiger charge is 2.43. The monoisotopic (exact) mass is 392 g/mol. The van der Waals surface area contributed by atoms with Crippen LogP contribution in [0.1, 0.15) is 19.8 Å². The Morgan fingerprint density at radius 2 is 1.85 bits per heavy atom. The lowest BCUT2D eigenvalue weighted by Gasteiger charge is -2.47. The van der Waals surface area contributed by atoms with E-state index >= 15 is 0 Å². The molecule has 2 aromatic rings. The second-order valence-corrected chi connectivity index (χ2v) is 8.41. The molecular weight excluding hydrogens is 366 g/mol. The maximum Gasteiger partial charge on any atom is 0.225 e. The molecule has 0 spiro atoms. The molecule has 1 unspecified atom stereocenters. The molecule has 0 bridgehead atoms. The van der Waals surface area contributed by atoms with Gasteiger partial charge in [0.15, 0.2) is 5.79 Å². The van der Waals surface area contributed by atoms with Crippen molar-refractivity contribution >= 4 is 16.0 Å². The number of nitrogens with one attached hydrogen (secondary N) is 1. The molecule has 1 atom stereocenters. The minimum atomic E-state index is -3.46. The summed E-state index contributed by atoms with van der Waals surface area (Å²) in [7, 11) is -3.46. The van der Waals surface area contributed by atoms with Crippen molar-refractivity contribution in [1.29, 1.82) is 0 Å². The molecule has 0 amide bonds. The predicted octanol–water partition coefficient (Wildman–Crippen LogP) is 0.659. The van der Waals surface area contributed by atoms with Crippen molar-refractivity contribution in [3.8, 4) is 0 Å². The number of hydrogen-bond donors (Lipinski definition) is 1. The Balaban J connectivity index is 1.87. The third-order valence-electron chi connectivity index (χ3n) is 4.75. The van der Waals surface area contributed by atoms with Gasteiger partial charge < -0.3 is 4.90 Å². The van der Waals surface area contributed by atoms with Crippen LogP contribution in [0.2, 0.25) is 0 Å². The third kappa shape index (κ3) is 4.28. The fourth-order valence-corrected chi connectivity index (χ4v) is 4.33. The van der Waals surface area contributed by atoms with Gasteiger partial charge in [0, 0.05) is 57.4 Å². The number of sulfonamides is 1. The summed E-state index contributed by atoms with van der Waals surface area (Å²) < 4.78 is 29.6. The maximum absolute atomic E-state index is 12.5. The average molecular weight is 393 g/mol. The standard InChI is InChI=1S/C17H26N7O2S/c1-3-7-17(21-27(25,26)4-2,24-11-6-10-20-24)23-14-12-22(13-15-23)16-18-8-5-9-19-16/h5-6,8-11,21H,1,3-4,7,12-15H2,2H3. The highest BCUT2D eigenvalue weighted by Crippen LogP contribution is 2.27. The van der Waals surface area contributed by atoms with Gasteiger partial charge in [-0.1, -0.05) is 6.92 Å². The van der Waals surface area contributed by atoms with Crippen molar-refractivity contribution in [2.24, 2.45) is 0 Å². The summed E-state index contributed by atoms with van der Waals surface area (Å²) >= 11 is 0. The number of aromatic nitrogens is 4.